The number of hydrogen-bond donors (Lipinski definition) is 3. The van der Waals surface area contributed by atoms with Crippen LogP contribution in [0.4, 0.5) is 0 Å². The summed E-state index contributed by atoms with van der Waals surface area (Å²) >= 11 is 0. The molecule has 0 aromatic rings. The SMILES string of the molecule is CCCCCCCCCC[C@@H](O)/C=C/[C@H](O)CCCCC(=O)O. The van der Waals surface area contributed by atoms with Crippen LogP contribution in [0.5, 0.6) is 0 Å². The standard InChI is InChI=1S/C19H36O4/c1-2-3-4-5-6-7-8-9-12-17(20)15-16-18(21)13-10-11-14-19(22)23/h15-18,20-21H,2-14H2,1H3,(H,22,23)/b16-15+/t17-,18-/m1/s1. The van der Waals surface area contributed by atoms with Gasteiger partial charge in [-0.1, -0.05) is 70.4 Å². The van der Waals surface area contributed by atoms with Crippen LogP contribution in [0.1, 0.15) is 90.4 Å². The van der Waals surface area contributed by atoms with Crippen LogP contribution < -0.4 is 0 Å². The maximum Gasteiger partial charge on any atom is 0.303 e. The number of rotatable bonds is 16. The van der Waals surface area contributed by atoms with Crippen LogP contribution >= 0.6 is 0 Å². The molecule has 0 saturated heterocycles. The second-order valence-electron chi connectivity index (χ2n) is 6.42. The van der Waals surface area contributed by atoms with Crippen molar-refractivity contribution >= 4 is 5.97 Å². The molecule has 0 saturated carbocycles. The molecule has 3 N–H and O–H groups in total. The minimum Gasteiger partial charge on any atom is -0.481 e. The zero-order valence-electron chi connectivity index (χ0n) is 14.8. The van der Waals surface area contributed by atoms with E-state index in [1.54, 1.807) is 12.2 Å². The zero-order chi connectivity index (χ0) is 17.3. The molecule has 0 rings (SSSR count). The third kappa shape index (κ3) is 17.3. The molecule has 0 heterocycles. The normalized spacial score (nSPS) is 14.2. The smallest absolute Gasteiger partial charge is 0.303 e. The summed E-state index contributed by atoms with van der Waals surface area (Å²) in [5, 5.41) is 28.1. The van der Waals surface area contributed by atoms with Gasteiger partial charge >= 0.3 is 5.97 Å². The van der Waals surface area contributed by atoms with Gasteiger partial charge in [-0.25, -0.2) is 0 Å². The largest absolute Gasteiger partial charge is 0.481 e. The number of hydrogen-bond acceptors (Lipinski definition) is 3. The fraction of sp³-hybridized carbons (Fsp3) is 0.842. The monoisotopic (exact) mass is 328 g/mol. The molecule has 136 valence electrons. The van der Waals surface area contributed by atoms with Gasteiger partial charge in [-0.15, -0.1) is 0 Å². The molecule has 23 heavy (non-hydrogen) atoms. The van der Waals surface area contributed by atoms with E-state index in [1.807, 2.05) is 0 Å². The first-order chi connectivity index (χ1) is 11.1. The second-order valence-corrected chi connectivity index (χ2v) is 6.42. The van der Waals surface area contributed by atoms with Crippen molar-refractivity contribution in [2.45, 2.75) is 103 Å². The quantitative estimate of drug-likeness (QED) is 0.289. The zero-order valence-corrected chi connectivity index (χ0v) is 14.8. The topological polar surface area (TPSA) is 77.8 Å². The number of unbranched alkanes of at least 4 members (excludes halogenated alkanes) is 8. The van der Waals surface area contributed by atoms with Crippen LogP contribution in [-0.2, 0) is 4.79 Å². The minimum atomic E-state index is -0.796. The number of aliphatic hydroxyl groups is 2. The molecule has 0 aliphatic rings. The van der Waals surface area contributed by atoms with Crippen molar-refractivity contribution in [1.82, 2.24) is 0 Å². The first kappa shape index (κ1) is 22.1. The summed E-state index contributed by atoms with van der Waals surface area (Å²) in [4.78, 5) is 10.4. The Kier molecular flexibility index (Phi) is 15.4. The summed E-state index contributed by atoms with van der Waals surface area (Å²) in [6, 6.07) is 0. The third-order valence-corrected chi connectivity index (χ3v) is 4.05. The van der Waals surface area contributed by atoms with E-state index in [9.17, 15) is 15.0 Å². The van der Waals surface area contributed by atoms with Gasteiger partial charge < -0.3 is 15.3 Å². The van der Waals surface area contributed by atoms with E-state index < -0.39 is 18.2 Å². The van der Waals surface area contributed by atoms with Gasteiger partial charge in [-0.05, 0) is 25.7 Å². The van der Waals surface area contributed by atoms with Crippen molar-refractivity contribution in [3.05, 3.63) is 12.2 Å². The molecule has 0 aliphatic carbocycles. The van der Waals surface area contributed by atoms with E-state index in [0.29, 0.717) is 19.3 Å². The van der Waals surface area contributed by atoms with Crippen LogP contribution in [-0.4, -0.2) is 33.5 Å². The lowest BCUT2D eigenvalue weighted by Crippen LogP contribution is -2.07. The van der Waals surface area contributed by atoms with Crippen LogP contribution in [0.15, 0.2) is 12.2 Å². The maximum atomic E-state index is 10.4. The lowest BCUT2D eigenvalue weighted by Gasteiger charge is -2.08. The van der Waals surface area contributed by atoms with Crippen molar-refractivity contribution in [3.8, 4) is 0 Å². The molecule has 0 aromatic heterocycles. The molecule has 0 amide bonds. The highest BCUT2D eigenvalue weighted by Gasteiger charge is 2.04. The lowest BCUT2D eigenvalue weighted by molar-refractivity contribution is -0.137. The summed E-state index contributed by atoms with van der Waals surface area (Å²) in [6.07, 6.45) is 15.0. The van der Waals surface area contributed by atoms with Crippen molar-refractivity contribution in [1.29, 1.82) is 0 Å². The Hall–Kier alpha value is -0.870. The maximum absolute atomic E-state index is 10.4. The summed E-state index contributed by atoms with van der Waals surface area (Å²) in [5.74, 6) is -0.796. The molecule has 0 fully saturated rings. The Balaban J connectivity index is 3.49. The van der Waals surface area contributed by atoms with Gasteiger partial charge in [-0.2, -0.15) is 0 Å². The first-order valence-corrected chi connectivity index (χ1v) is 9.32. The van der Waals surface area contributed by atoms with Crippen molar-refractivity contribution in [2.75, 3.05) is 0 Å². The van der Waals surface area contributed by atoms with E-state index >= 15 is 0 Å². The number of carboxylic acids is 1. The average Bonchev–Trinajstić information content (AvgIpc) is 2.52. The van der Waals surface area contributed by atoms with Gasteiger partial charge in [0.05, 0.1) is 12.2 Å². The summed E-state index contributed by atoms with van der Waals surface area (Å²) in [5.41, 5.74) is 0. The minimum absolute atomic E-state index is 0.150. The van der Waals surface area contributed by atoms with E-state index in [-0.39, 0.29) is 6.42 Å². The fourth-order valence-electron chi connectivity index (χ4n) is 2.57. The van der Waals surface area contributed by atoms with Crippen molar-refractivity contribution < 1.29 is 20.1 Å². The Bertz CT molecular complexity index is 302. The predicted octanol–water partition coefficient (Wildman–Crippen LogP) is 4.44. The van der Waals surface area contributed by atoms with Crippen LogP contribution in [0.25, 0.3) is 0 Å². The average molecular weight is 328 g/mol. The van der Waals surface area contributed by atoms with Crippen LogP contribution in [0.3, 0.4) is 0 Å². The van der Waals surface area contributed by atoms with E-state index in [2.05, 4.69) is 6.92 Å². The van der Waals surface area contributed by atoms with E-state index in [0.717, 1.165) is 19.3 Å². The molecule has 0 aromatic carbocycles. The van der Waals surface area contributed by atoms with Crippen molar-refractivity contribution in [2.24, 2.45) is 0 Å². The fourth-order valence-corrected chi connectivity index (χ4v) is 2.57. The van der Waals surface area contributed by atoms with Gasteiger partial charge in [0.15, 0.2) is 0 Å². The third-order valence-electron chi connectivity index (χ3n) is 4.05. The van der Waals surface area contributed by atoms with Gasteiger partial charge in [0, 0.05) is 6.42 Å². The van der Waals surface area contributed by atoms with Crippen LogP contribution in [0, 0.1) is 0 Å². The number of aliphatic hydroxyl groups excluding tert-OH is 2. The highest BCUT2D eigenvalue weighted by atomic mass is 16.4. The summed E-state index contributed by atoms with van der Waals surface area (Å²) < 4.78 is 0. The summed E-state index contributed by atoms with van der Waals surface area (Å²) in [6.45, 7) is 2.22. The van der Waals surface area contributed by atoms with Gasteiger partial charge in [0.25, 0.3) is 0 Å². The van der Waals surface area contributed by atoms with Gasteiger partial charge in [-0.3, -0.25) is 4.79 Å². The summed E-state index contributed by atoms with van der Waals surface area (Å²) in [7, 11) is 0. The second kappa shape index (κ2) is 16.0. The van der Waals surface area contributed by atoms with Gasteiger partial charge in [0.1, 0.15) is 0 Å². The number of carboxylic acid groups (broad SMARTS) is 1. The molecular formula is C19H36O4. The molecule has 0 spiro atoms. The molecule has 0 aliphatic heterocycles. The molecule has 0 radical (unpaired) electrons. The highest BCUT2D eigenvalue weighted by molar-refractivity contribution is 5.66. The van der Waals surface area contributed by atoms with Crippen LogP contribution in [0.2, 0.25) is 0 Å². The Morgan fingerprint density at radius 1 is 0.783 bits per heavy atom. The van der Waals surface area contributed by atoms with Gasteiger partial charge in [0.2, 0.25) is 0 Å². The Morgan fingerprint density at radius 2 is 1.22 bits per heavy atom. The van der Waals surface area contributed by atoms with E-state index in [4.69, 9.17) is 5.11 Å². The number of aliphatic carboxylic acids is 1. The highest BCUT2D eigenvalue weighted by Crippen LogP contribution is 2.11. The molecule has 4 heteroatoms. The Morgan fingerprint density at radius 3 is 1.70 bits per heavy atom. The predicted molar refractivity (Wildman–Crippen MR) is 94.5 cm³/mol. The Labute approximate surface area is 141 Å². The van der Waals surface area contributed by atoms with Crippen molar-refractivity contribution in [3.63, 3.8) is 0 Å². The first-order valence-electron chi connectivity index (χ1n) is 9.32. The molecule has 2 atom stereocenters. The number of carbonyl (C=O) groups is 1. The van der Waals surface area contributed by atoms with E-state index in [1.165, 1.54) is 38.5 Å². The lowest BCUT2D eigenvalue weighted by atomic mass is 10.0. The molecular weight excluding hydrogens is 292 g/mol. The molecule has 0 unspecified atom stereocenters. The molecule has 0 bridgehead atoms. The molecule has 4 nitrogen and oxygen atoms in total.